The van der Waals surface area contributed by atoms with Gasteiger partial charge in [0.15, 0.2) is 11.5 Å². The van der Waals surface area contributed by atoms with Crippen LogP contribution < -0.4 is 4.74 Å². The van der Waals surface area contributed by atoms with E-state index in [0.29, 0.717) is 26.1 Å². The summed E-state index contributed by atoms with van der Waals surface area (Å²) in [6.45, 7) is 8.80. The van der Waals surface area contributed by atoms with Crippen LogP contribution in [0.15, 0.2) is 0 Å². The van der Waals surface area contributed by atoms with Crippen LogP contribution >= 0.6 is 0 Å². The van der Waals surface area contributed by atoms with E-state index < -0.39 is 40.6 Å². The molecule has 3 nitrogen and oxygen atoms in total. The molecule has 1 rings (SSSR count). The Hall–Kier alpha value is -1.41. The summed E-state index contributed by atoms with van der Waals surface area (Å²) in [6.07, 6.45) is 9.70. The van der Waals surface area contributed by atoms with Gasteiger partial charge in [0, 0.05) is 19.1 Å². The summed E-state index contributed by atoms with van der Waals surface area (Å²) in [6, 6.07) is 0. The third-order valence-corrected chi connectivity index (χ3v) is 5.87. The second-order valence-corrected chi connectivity index (χ2v) is 8.38. The number of halogens is 5. The molecule has 0 spiro atoms. The van der Waals surface area contributed by atoms with Gasteiger partial charge in [0.2, 0.25) is 29.1 Å². The average Bonchev–Trinajstić information content (AvgIpc) is 2.79. The van der Waals surface area contributed by atoms with E-state index in [-0.39, 0.29) is 12.5 Å². The highest BCUT2D eigenvalue weighted by Gasteiger charge is 2.35. The number of ether oxygens (including phenoxy) is 3. The van der Waals surface area contributed by atoms with E-state index in [2.05, 4.69) is 6.92 Å². The topological polar surface area (TPSA) is 27.7 Å². The van der Waals surface area contributed by atoms with Gasteiger partial charge >= 0.3 is 0 Å². The van der Waals surface area contributed by atoms with E-state index in [1.165, 1.54) is 25.7 Å². The lowest BCUT2D eigenvalue weighted by molar-refractivity contribution is -0.254. The maximum Gasteiger partial charge on any atom is 0.206 e. The van der Waals surface area contributed by atoms with Crippen molar-refractivity contribution >= 4 is 0 Å². The summed E-state index contributed by atoms with van der Waals surface area (Å²) in [5.41, 5.74) is 0. The Labute approximate surface area is 195 Å². The summed E-state index contributed by atoms with van der Waals surface area (Å²) >= 11 is 0. The molecule has 1 unspecified atom stereocenters. The predicted octanol–water partition coefficient (Wildman–Crippen LogP) is 8.09. The van der Waals surface area contributed by atoms with Crippen LogP contribution in [0.1, 0.15) is 91.9 Å². The Morgan fingerprint density at radius 1 is 0.636 bits per heavy atom. The molecule has 0 aromatic heterocycles. The first kappa shape index (κ1) is 29.6. The Morgan fingerprint density at radius 3 is 1.61 bits per heavy atom. The van der Waals surface area contributed by atoms with E-state index in [0.717, 1.165) is 25.7 Å². The molecule has 1 aromatic carbocycles. The van der Waals surface area contributed by atoms with Crippen LogP contribution in [-0.2, 0) is 9.47 Å². The Kier molecular flexibility index (Phi) is 13.9. The first-order chi connectivity index (χ1) is 15.7. The molecular formula is C25H39F5O3. The molecule has 0 bridgehead atoms. The SMILES string of the molecule is CCCCCCCCC(CCCCOc1c(F)c(F)c(F)c(F)c1F)C(C)(OCC)OCC. The maximum atomic E-state index is 13.7. The molecule has 0 saturated heterocycles. The second-order valence-electron chi connectivity index (χ2n) is 8.38. The lowest BCUT2D eigenvalue weighted by Crippen LogP contribution is -2.41. The van der Waals surface area contributed by atoms with Gasteiger partial charge in [0.05, 0.1) is 6.61 Å². The second kappa shape index (κ2) is 15.5. The fourth-order valence-corrected chi connectivity index (χ4v) is 4.07. The summed E-state index contributed by atoms with van der Waals surface area (Å²) in [5, 5.41) is 0. The molecule has 192 valence electrons. The van der Waals surface area contributed by atoms with Crippen molar-refractivity contribution in [1.82, 2.24) is 0 Å². The molecule has 33 heavy (non-hydrogen) atoms. The smallest absolute Gasteiger partial charge is 0.206 e. The molecule has 0 heterocycles. The molecule has 1 aromatic rings. The normalized spacial score (nSPS) is 12.9. The van der Waals surface area contributed by atoms with Crippen LogP contribution in [0, 0.1) is 35.0 Å². The fraction of sp³-hybridized carbons (Fsp3) is 0.760. The van der Waals surface area contributed by atoms with Crippen LogP contribution in [0.2, 0.25) is 0 Å². The minimum atomic E-state index is -2.19. The number of hydrogen-bond donors (Lipinski definition) is 0. The van der Waals surface area contributed by atoms with Crippen molar-refractivity contribution in [1.29, 1.82) is 0 Å². The Morgan fingerprint density at radius 2 is 1.09 bits per heavy atom. The third-order valence-electron chi connectivity index (χ3n) is 5.87. The molecule has 0 N–H and O–H groups in total. The lowest BCUT2D eigenvalue weighted by Gasteiger charge is -2.37. The maximum absolute atomic E-state index is 13.7. The highest BCUT2D eigenvalue weighted by atomic mass is 19.2. The summed E-state index contributed by atoms with van der Waals surface area (Å²) in [5.74, 6) is -12.0. The van der Waals surface area contributed by atoms with Gasteiger partial charge in [-0.05, 0) is 46.5 Å². The summed E-state index contributed by atoms with van der Waals surface area (Å²) < 4.78 is 84.1. The molecule has 0 amide bonds. The van der Waals surface area contributed by atoms with Gasteiger partial charge in [0.25, 0.3) is 0 Å². The van der Waals surface area contributed by atoms with Crippen molar-refractivity contribution in [2.75, 3.05) is 19.8 Å². The van der Waals surface area contributed by atoms with Gasteiger partial charge in [-0.2, -0.15) is 8.78 Å². The fourth-order valence-electron chi connectivity index (χ4n) is 4.07. The lowest BCUT2D eigenvalue weighted by atomic mass is 9.88. The van der Waals surface area contributed by atoms with Crippen LogP contribution in [0.4, 0.5) is 22.0 Å². The zero-order chi connectivity index (χ0) is 24.9. The molecule has 0 aliphatic heterocycles. The van der Waals surface area contributed by atoms with Gasteiger partial charge in [-0.3, -0.25) is 0 Å². The highest BCUT2D eigenvalue weighted by molar-refractivity contribution is 5.29. The molecule has 0 saturated carbocycles. The Bertz CT molecular complexity index is 664. The van der Waals surface area contributed by atoms with Gasteiger partial charge in [-0.1, -0.05) is 45.4 Å². The largest absolute Gasteiger partial charge is 0.487 e. The number of rotatable bonds is 18. The molecule has 1 atom stereocenters. The number of unbranched alkanes of at least 4 members (excludes halogenated alkanes) is 6. The van der Waals surface area contributed by atoms with E-state index in [9.17, 15) is 22.0 Å². The van der Waals surface area contributed by atoms with Crippen molar-refractivity contribution in [3.63, 3.8) is 0 Å². The van der Waals surface area contributed by atoms with Crippen molar-refractivity contribution in [3.05, 3.63) is 29.1 Å². The number of hydrogen-bond acceptors (Lipinski definition) is 3. The van der Waals surface area contributed by atoms with Gasteiger partial charge in [-0.15, -0.1) is 0 Å². The molecule has 0 aliphatic carbocycles. The third kappa shape index (κ3) is 9.04. The van der Waals surface area contributed by atoms with Crippen molar-refractivity contribution in [2.45, 2.75) is 97.7 Å². The summed E-state index contributed by atoms with van der Waals surface area (Å²) in [4.78, 5) is 0. The predicted molar refractivity (Wildman–Crippen MR) is 119 cm³/mol. The van der Waals surface area contributed by atoms with E-state index in [4.69, 9.17) is 14.2 Å². The standard InChI is InChI=1S/C25H39F5O3/c1-5-8-9-10-11-12-15-18(25(4,32-6-2)33-7-3)16-13-14-17-31-24-22(29)20(27)19(26)21(28)23(24)30/h18H,5-17H2,1-4H3. The molecule has 8 heteroatoms. The quantitative estimate of drug-likeness (QED) is 0.0696. The highest BCUT2D eigenvalue weighted by Crippen LogP contribution is 2.33. The van der Waals surface area contributed by atoms with E-state index >= 15 is 0 Å². The van der Waals surface area contributed by atoms with Crippen molar-refractivity contribution in [3.8, 4) is 5.75 Å². The first-order valence-electron chi connectivity index (χ1n) is 12.1. The van der Waals surface area contributed by atoms with Crippen LogP contribution in [0.5, 0.6) is 5.75 Å². The van der Waals surface area contributed by atoms with E-state index in [1.54, 1.807) is 0 Å². The van der Waals surface area contributed by atoms with Crippen molar-refractivity contribution in [2.24, 2.45) is 5.92 Å². The summed E-state index contributed by atoms with van der Waals surface area (Å²) in [7, 11) is 0. The van der Waals surface area contributed by atoms with Crippen LogP contribution in [-0.4, -0.2) is 25.6 Å². The average molecular weight is 483 g/mol. The number of benzene rings is 1. The molecule has 0 fully saturated rings. The van der Waals surface area contributed by atoms with E-state index in [1.807, 2.05) is 20.8 Å². The molecular weight excluding hydrogens is 443 g/mol. The first-order valence-corrected chi connectivity index (χ1v) is 12.1. The molecule has 0 aliphatic rings. The monoisotopic (exact) mass is 482 g/mol. The van der Waals surface area contributed by atoms with Crippen LogP contribution in [0.3, 0.4) is 0 Å². The van der Waals surface area contributed by atoms with Gasteiger partial charge < -0.3 is 14.2 Å². The van der Waals surface area contributed by atoms with Gasteiger partial charge in [0.1, 0.15) is 0 Å². The van der Waals surface area contributed by atoms with Crippen molar-refractivity contribution < 1.29 is 36.2 Å². The molecule has 0 radical (unpaired) electrons. The Balaban J connectivity index is 2.66. The minimum absolute atomic E-state index is 0.109. The van der Waals surface area contributed by atoms with Crippen LogP contribution in [0.25, 0.3) is 0 Å². The zero-order valence-corrected chi connectivity index (χ0v) is 20.4. The zero-order valence-electron chi connectivity index (χ0n) is 20.4. The minimum Gasteiger partial charge on any atom is -0.487 e. The van der Waals surface area contributed by atoms with Gasteiger partial charge in [-0.25, -0.2) is 13.2 Å².